The first-order valence-corrected chi connectivity index (χ1v) is 8.30. The van der Waals surface area contributed by atoms with Crippen LogP contribution in [0.25, 0.3) is 0 Å². The zero-order chi connectivity index (χ0) is 14.5. The second kappa shape index (κ2) is 7.33. The Hall–Kier alpha value is -0.500. The molecule has 1 unspecified atom stereocenters. The Morgan fingerprint density at radius 2 is 1.95 bits per heavy atom. The van der Waals surface area contributed by atoms with Crippen LogP contribution in [0.1, 0.15) is 51.7 Å². The van der Waals surface area contributed by atoms with Gasteiger partial charge in [-0.2, -0.15) is 0 Å². The number of hydrogen-bond donors (Lipinski definition) is 0. The van der Waals surface area contributed by atoms with Crippen molar-refractivity contribution in [2.24, 2.45) is 5.92 Å². The van der Waals surface area contributed by atoms with Gasteiger partial charge in [-0.15, -0.1) is 0 Å². The molecule has 0 aromatic heterocycles. The van der Waals surface area contributed by atoms with Crippen LogP contribution in [-0.4, -0.2) is 11.9 Å². The molecule has 0 saturated carbocycles. The van der Waals surface area contributed by atoms with Gasteiger partial charge < -0.3 is 4.74 Å². The van der Waals surface area contributed by atoms with Crippen molar-refractivity contribution in [3.05, 3.63) is 29.3 Å². The van der Waals surface area contributed by atoms with Gasteiger partial charge >= 0.3 is 0 Å². The summed E-state index contributed by atoms with van der Waals surface area (Å²) >= 11 is 3.58. The molecule has 0 amide bonds. The van der Waals surface area contributed by atoms with Crippen LogP contribution in [0.3, 0.4) is 0 Å². The largest absolute Gasteiger partial charge is 0.493 e. The number of ether oxygens (including phenoxy) is 1. The van der Waals surface area contributed by atoms with Gasteiger partial charge in [-0.25, -0.2) is 0 Å². The topological polar surface area (TPSA) is 9.23 Å². The summed E-state index contributed by atoms with van der Waals surface area (Å²) in [6.07, 6.45) is 2.42. The molecule has 0 radical (unpaired) electrons. The van der Waals surface area contributed by atoms with Crippen molar-refractivity contribution in [1.29, 1.82) is 0 Å². The highest BCUT2D eigenvalue weighted by Crippen LogP contribution is 2.32. The predicted molar refractivity (Wildman–Crippen MR) is 87.6 cm³/mol. The maximum absolute atomic E-state index is 6.09. The summed E-state index contributed by atoms with van der Waals surface area (Å²) in [5.41, 5.74) is 2.72. The van der Waals surface area contributed by atoms with E-state index >= 15 is 0 Å². The summed E-state index contributed by atoms with van der Waals surface area (Å²) in [4.78, 5) is 0. The van der Waals surface area contributed by atoms with Crippen molar-refractivity contribution in [3.63, 3.8) is 0 Å². The number of aryl methyl sites for hydroxylation is 1. The minimum atomic E-state index is 0.121. The van der Waals surface area contributed by atoms with E-state index in [0.29, 0.717) is 5.92 Å². The van der Waals surface area contributed by atoms with E-state index in [1.54, 1.807) is 0 Å². The molecule has 1 aromatic carbocycles. The molecule has 0 spiro atoms. The average molecular weight is 327 g/mol. The van der Waals surface area contributed by atoms with Crippen molar-refractivity contribution < 1.29 is 4.74 Å². The number of halogens is 1. The number of hydrogen-bond acceptors (Lipinski definition) is 1. The lowest BCUT2D eigenvalue weighted by molar-refractivity contribution is 0.250. The van der Waals surface area contributed by atoms with E-state index in [4.69, 9.17) is 4.74 Å². The van der Waals surface area contributed by atoms with E-state index < -0.39 is 0 Å². The first-order valence-electron chi connectivity index (χ1n) is 7.18. The van der Waals surface area contributed by atoms with Crippen molar-refractivity contribution in [2.75, 3.05) is 11.9 Å². The van der Waals surface area contributed by atoms with Gasteiger partial charge in [0.25, 0.3) is 0 Å². The SMILES string of the molecule is CCCC(CBr)COc1ccc(C)cc1C(C)(C)C. The van der Waals surface area contributed by atoms with Crippen molar-refractivity contribution >= 4 is 15.9 Å². The van der Waals surface area contributed by atoms with E-state index in [1.807, 2.05) is 0 Å². The van der Waals surface area contributed by atoms with Crippen molar-refractivity contribution in [1.82, 2.24) is 0 Å². The standard InChI is InChI=1S/C17H27BrO/c1-6-7-14(11-18)12-19-16-9-8-13(2)10-15(16)17(3,4)5/h8-10,14H,6-7,11-12H2,1-5H3. The molecule has 1 atom stereocenters. The third-order valence-corrected chi connectivity index (χ3v) is 4.25. The van der Waals surface area contributed by atoms with Crippen LogP contribution in [0, 0.1) is 12.8 Å². The van der Waals surface area contributed by atoms with Gasteiger partial charge in [0.15, 0.2) is 0 Å². The number of alkyl halides is 1. The average Bonchev–Trinajstić information content (AvgIpc) is 2.34. The Morgan fingerprint density at radius 1 is 1.26 bits per heavy atom. The van der Waals surface area contributed by atoms with Crippen molar-refractivity contribution in [3.8, 4) is 5.75 Å². The lowest BCUT2D eigenvalue weighted by Gasteiger charge is -2.24. The third kappa shape index (κ3) is 5.18. The van der Waals surface area contributed by atoms with Gasteiger partial charge in [-0.3, -0.25) is 0 Å². The van der Waals surface area contributed by atoms with Crippen molar-refractivity contribution in [2.45, 2.75) is 52.9 Å². The molecule has 0 aliphatic heterocycles. The second-order valence-corrected chi connectivity index (χ2v) is 7.02. The first kappa shape index (κ1) is 16.6. The summed E-state index contributed by atoms with van der Waals surface area (Å²) < 4.78 is 6.09. The highest BCUT2D eigenvalue weighted by molar-refractivity contribution is 9.09. The van der Waals surface area contributed by atoms with Crippen LogP contribution in [0.2, 0.25) is 0 Å². The fourth-order valence-electron chi connectivity index (χ4n) is 2.18. The minimum absolute atomic E-state index is 0.121. The molecule has 19 heavy (non-hydrogen) atoms. The highest BCUT2D eigenvalue weighted by Gasteiger charge is 2.19. The molecule has 108 valence electrons. The van der Waals surface area contributed by atoms with Gasteiger partial charge in [0, 0.05) is 11.2 Å². The molecular formula is C17H27BrO. The molecule has 0 bridgehead atoms. The van der Waals surface area contributed by atoms with Crippen LogP contribution in [0.15, 0.2) is 18.2 Å². The first-order chi connectivity index (χ1) is 8.88. The fraction of sp³-hybridized carbons (Fsp3) is 0.647. The molecule has 1 rings (SSSR count). The Labute approximate surface area is 126 Å². The van der Waals surface area contributed by atoms with Gasteiger partial charge in [0.05, 0.1) is 6.61 Å². The quantitative estimate of drug-likeness (QED) is 0.628. The zero-order valence-electron chi connectivity index (χ0n) is 12.9. The van der Waals surface area contributed by atoms with E-state index in [9.17, 15) is 0 Å². The summed E-state index contributed by atoms with van der Waals surface area (Å²) in [6, 6.07) is 6.50. The number of rotatable bonds is 6. The summed E-state index contributed by atoms with van der Waals surface area (Å²) in [7, 11) is 0. The molecule has 0 aliphatic carbocycles. The van der Waals surface area contributed by atoms with Crippen LogP contribution >= 0.6 is 15.9 Å². The summed E-state index contributed by atoms with van der Waals surface area (Å²) in [6.45, 7) is 11.9. The van der Waals surface area contributed by atoms with Crippen LogP contribution in [-0.2, 0) is 5.41 Å². The maximum Gasteiger partial charge on any atom is 0.123 e. The van der Waals surface area contributed by atoms with Crippen LogP contribution in [0.5, 0.6) is 5.75 Å². The Morgan fingerprint density at radius 3 is 2.47 bits per heavy atom. The van der Waals surface area contributed by atoms with E-state index in [2.05, 4.69) is 68.7 Å². The highest BCUT2D eigenvalue weighted by atomic mass is 79.9. The van der Waals surface area contributed by atoms with Gasteiger partial charge in [-0.1, -0.05) is 67.7 Å². The molecule has 0 saturated heterocycles. The van der Waals surface area contributed by atoms with Gasteiger partial charge in [0.2, 0.25) is 0 Å². The second-order valence-electron chi connectivity index (χ2n) is 6.37. The molecule has 1 aromatic rings. The summed E-state index contributed by atoms with van der Waals surface area (Å²) in [5, 5.41) is 1.01. The lowest BCUT2D eigenvalue weighted by atomic mass is 9.85. The Kier molecular flexibility index (Phi) is 6.38. The Balaban J connectivity index is 2.83. The number of benzene rings is 1. The molecular weight excluding hydrogens is 300 g/mol. The normalized spacial score (nSPS) is 13.4. The molecule has 0 N–H and O–H groups in total. The minimum Gasteiger partial charge on any atom is -0.493 e. The third-order valence-electron chi connectivity index (χ3n) is 3.33. The predicted octanol–water partition coefficient (Wildman–Crippen LogP) is 5.48. The van der Waals surface area contributed by atoms with Crippen LogP contribution in [0.4, 0.5) is 0 Å². The van der Waals surface area contributed by atoms with E-state index in [-0.39, 0.29) is 5.41 Å². The lowest BCUT2D eigenvalue weighted by Crippen LogP contribution is -2.17. The van der Waals surface area contributed by atoms with Crippen LogP contribution < -0.4 is 4.74 Å². The molecule has 1 nitrogen and oxygen atoms in total. The monoisotopic (exact) mass is 326 g/mol. The zero-order valence-corrected chi connectivity index (χ0v) is 14.5. The molecule has 0 heterocycles. The Bertz CT molecular complexity index is 393. The fourth-order valence-corrected chi connectivity index (χ4v) is 2.69. The molecule has 0 aliphatic rings. The van der Waals surface area contributed by atoms with Gasteiger partial charge in [0.1, 0.15) is 5.75 Å². The van der Waals surface area contributed by atoms with E-state index in [0.717, 1.165) is 17.7 Å². The molecule has 2 heteroatoms. The molecule has 0 fully saturated rings. The smallest absolute Gasteiger partial charge is 0.123 e. The maximum atomic E-state index is 6.09. The summed E-state index contributed by atoms with van der Waals surface area (Å²) in [5.74, 6) is 1.64. The van der Waals surface area contributed by atoms with E-state index in [1.165, 1.54) is 24.0 Å². The van der Waals surface area contributed by atoms with Gasteiger partial charge in [-0.05, 0) is 30.4 Å².